The number of nitrogens with one attached hydrogen (secondary N) is 2. The molecule has 0 aromatic rings. The second kappa shape index (κ2) is 39.3. The number of aliphatic hydroxyl groups excluding tert-OH is 28. The predicted molar refractivity (Wildman–Crippen MR) is 322 cm³/mol. The minimum atomic E-state index is -2.56. The molecule has 8 aliphatic heterocycles. The zero-order chi connectivity index (χ0) is 78.4. The average Bonchev–Trinajstić information content (AvgIpc) is 0.770. The molecule has 618 valence electrons. The van der Waals surface area contributed by atoms with Crippen molar-refractivity contribution in [3.05, 3.63) is 0 Å². The van der Waals surface area contributed by atoms with Crippen molar-refractivity contribution >= 4 is 11.8 Å². The largest absolute Gasteiger partial charge is 0.394 e. The van der Waals surface area contributed by atoms with E-state index in [4.69, 9.17) is 75.8 Å². The summed E-state index contributed by atoms with van der Waals surface area (Å²) in [7, 11) is 0. The van der Waals surface area contributed by atoms with Crippen LogP contribution in [0.5, 0.6) is 0 Å². The van der Waals surface area contributed by atoms with E-state index in [-0.39, 0.29) is 0 Å². The smallest absolute Gasteiger partial charge is 0.217 e. The Bertz CT molecular complexity index is 2660. The Morgan fingerprint density at radius 3 is 1.04 bits per heavy atom. The van der Waals surface area contributed by atoms with E-state index in [1.54, 1.807) is 0 Å². The molecule has 8 rings (SSSR count). The Balaban J connectivity index is 1.12. The van der Waals surface area contributed by atoms with Gasteiger partial charge in [-0.3, -0.25) is 9.59 Å². The highest BCUT2D eigenvalue weighted by Gasteiger charge is 2.61. The van der Waals surface area contributed by atoms with Gasteiger partial charge in [-0.05, 0) is 0 Å². The van der Waals surface area contributed by atoms with Crippen molar-refractivity contribution in [2.75, 3.05) is 66.1 Å². The number of hydrogen-bond donors (Lipinski definition) is 30. The molecule has 48 heteroatoms. The molecule has 0 spiro atoms. The van der Waals surface area contributed by atoms with Gasteiger partial charge in [0.25, 0.3) is 0 Å². The van der Waals surface area contributed by atoms with E-state index in [9.17, 15) is 153 Å². The number of carbonyl (C=O) groups excluding carboxylic acids is 2. The van der Waals surface area contributed by atoms with E-state index in [0.29, 0.717) is 0 Å². The Labute approximate surface area is 599 Å². The van der Waals surface area contributed by atoms with Crippen molar-refractivity contribution < 1.29 is 228 Å². The molecule has 0 aromatic carbocycles. The number of rotatable bonds is 31. The SMILES string of the molecule is CC(=O)N[C@H]1[C@H](O[C@@H]([C@H](O)[C@H](CO)NC(C)=O)[C@H](O)CO)O[C@H](CO)[C@@H](O[C@@H]2O[C@H](CO[C@H]3O[C@H](CO)[C@@H](O)[C@H](O)[C@@H]3O)[C@@H](O)[C@H](O[C@H]3O[C@H](CO)[C@@H](O)[C@H](O)[C@@H]3O[C@H]3O[C@H](CO)[C@@H](O)[C@H](O)[C@@H]3O[C@H]3O[C@H](CO)[C@@H](O)[C@H](O)[C@@H]3O[C@H]3O[C@H](CO)[C@@H](O)[C@H](O[C@H]4O[C@H](CO)[C@@H](O)[C@H](O)[C@@H]4O)[C@@H]3O)[C@@H]2O)[C@@H]1O. The lowest BCUT2D eigenvalue weighted by Crippen LogP contribution is -2.70. The molecule has 8 heterocycles. The molecule has 8 aliphatic rings. The van der Waals surface area contributed by atoms with Crippen LogP contribution >= 0.6 is 0 Å². The van der Waals surface area contributed by atoms with Crippen LogP contribution < -0.4 is 10.6 Å². The van der Waals surface area contributed by atoms with Crippen molar-refractivity contribution in [1.82, 2.24) is 10.6 Å². The van der Waals surface area contributed by atoms with Crippen LogP contribution in [0.3, 0.4) is 0 Å². The normalized spacial score (nSPS) is 48.0. The molecule has 0 aromatic heterocycles. The lowest BCUT2D eigenvalue weighted by atomic mass is 9.94. The fraction of sp³-hybridized carbons (Fsp3) is 0.966. The van der Waals surface area contributed by atoms with Crippen LogP contribution in [0.25, 0.3) is 0 Å². The van der Waals surface area contributed by atoms with Crippen molar-refractivity contribution in [2.24, 2.45) is 0 Å². The van der Waals surface area contributed by atoms with Gasteiger partial charge in [0.05, 0.1) is 72.1 Å². The van der Waals surface area contributed by atoms with Gasteiger partial charge in [-0.2, -0.15) is 0 Å². The molecule has 8 saturated heterocycles. The van der Waals surface area contributed by atoms with E-state index in [0.717, 1.165) is 13.8 Å². The minimum absolute atomic E-state index is 0.799. The fourth-order valence-corrected chi connectivity index (χ4v) is 13.2. The van der Waals surface area contributed by atoms with Crippen molar-refractivity contribution in [3.8, 4) is 0 Å². The summed E-state index contributed by atoms with van der Waals surface area (Å²) < 4.78 is 93.3. The van der Waals surface area contributed by atoms with Gasteiger partial charge >= 0.3 is 0 Å². The number of amides is 2. The molecule has 0 bridgehead atoms. The molecule has 0 aliphatic carbocycles. The standard InChI is InChI=1S/C58H100N2O46/c1-13(70)59-15(3-61)26(73)44(16(72)4-62)100-51-25(60-14(2)71)34(81)45(23(11-69)98-51)101-55-43(90)47(33(80)24(99-55)12-91-52-40(87)35(82)27(74)17(5-63)92-52)103-56-49(38(85)30(77)19(7-65)95-56)105-58-50(39(86)31(78)21(9-67)97-58)106-57-48(37(84)29(76)20(8-66)96-57)104-54-42(89)46(32(79)22(10-68)94-54)102-53-41(88)36(83)28(75)18(6-64)93-53/h15-58,61-69,72-90H,3-12H2,1-2H3,(H,59,70)(H,60,71)/t15-,16+,17+,18+,19+,20+,21+,22+,23+,24+,25+,26+,27+,28+,29+,30+,31+,32+,33+,34+,35-,36-,37-,38-,39-,40-,41-,42-,43-,44+,45+,46-,47-,48-,49-,50-,51-,52-,53+,54+,55-,56+,57+,58+/m0/s1. The van der Waals surface area contributed by atoms with Crippen LogP contribution in [0.15, 0.2) is 0 Å². The monoisotopic (exact) mass is 1560 g/mol. The maximum absolute atomic E-state index is 12.8. The summed E-state index contributed by atoms with van der Waals surface area (Å²) in [6, 6.07) is -3.57. The van der Waals surface area contributed by atoms with Crippen LogP contribution in [-0.4, -0.2) is 491 Å². The third kappa shape index (κ3) is 19.5. The highest BCUT2D eigenvalue weighted by Crippen LogP contribution is 2.40. The first kappa shape index (κ1) is 88.7. The lowest BCUT2D eigenvalue weighted by Gasteiger charge is -2.51. The summed E-state index contributed by atoms with van der Waals surface area (Å²) in [4.78, 5) is 24.8. The van der Waals surface area contributed by atoms with Crippen molar-refractivity contribution in [2.45, 2.75) is 284 Å². The number of ether oxygens (including phenoxy) is 16. The number of aliphatic hydroxyl groups is 28. The van der Waals surface area contributed by atoms with Gasteiger partial charge in [-0.15, -0.1) is 0 Å². The van der Waals surface area contributed by atoms with Gasteiger partial charge in [0, 0.05) is 13.8 Å². The minimum Gasteiger partial charge on any atom is -0.394 e. The van der Waals surface area contributed by atoms with Gasteiger partial charge in [0.15, 0.2) is 50.3 Å². The van der Waals surface area contributed by atoms with E-state index < -0.39 is 348 Å². The third-order valence-corrected chi connectivity index (χ3v) is 19.2. The summed E-state index contributed by atoms with van der Waals surface area (Å²) in [5.74, 6) is -1.76. The van der Waals surface area contributed by atoms with Gasteiger partial charge in [-0.1, -0.05) is 0 Å². The maximum atomic E-state index is 12.8. The third-order valence-electron chi connectivity index (χ3n) is 19.2. The summed E-state index contributed by atoms with van der Waals surface area (Å²) >= 11 is 0. The quantitative estimate of drug-likeness (QED) is 0.0306. The molecule has 8 fully saturated rings. The molecule has 0 saturated carbocycles. The van der Waals surface area contributed by atoms with Crippen LogP contribution in [0, 0.1) is 0 Å². The molecule has 0 unspecified atom stereocenters. The van der Waals surface area contributed by atoms with Crippen LogP contribution in [-0.2, 0) is 85.4 Å². The Hall–Kier alpha value is -2.82. The van der Waals surface area contributed by atoms with E-state index in [1.807, 2.05) is 0 Å². The highest BCUT2D eigenvalue weighted by atomic mass is 16.8. The molecular formula is C58H100N2O46. The van der Waals surface area contributed by atoms with Crippen molar-refractivity contribution in [1.29, 1.82) is 0 Å². The van der Waals surface area contributed by atoms with Crippen LogP contribution in [0.1, 0.15) is 13.8 Å². The van der Waals surface area contributed by atoms with Gasteiger partial charge in [0.2, 0.25) is 11.8 Å². The Morgan fingerprint density at radius 1 is 0.321 bits per heavy atom. The Morgan fingerprint density at radius 2 is 0.642 bits per heavy atom. The van der Waals surface area contributed by atoms with E-state index >= 15 is 0 Å². The van der Waals surface area contributed by atoms with Gasteiger partial charge in [-0.25, -0.2) is 0 Å². The molecule has 48 nitrogen and oxygen atoms in total. The van der Waals surface area contributed by atoms with E-state index in [2.05, 4.69) is 10.6 Å². The summed E-state index contributed by atoms with van der Waals surface area (Å²) in [6.07, 6.45) is -91.1. The second-order valence-electron chi connectivity index (χ2n) is 26.5. The molecular weight excluding hydrogens is 1460 g/mol. The zero-order valence-corrected chi connectivity index (χ0v) is 56.3. The molecule has 106 heavy (non-hydrogen) atoms. The Kier molecular flexibility index (Phi) is 32.9. The molecule has 0 radical (unpaired) electrons. The van der Waals surface area contributed by atoms with Crippen LogP contribution in [0.4, 0.5) is 0 Å². The maximum Gasteiger partial charge on any atom is 0.217 e. The topological polar surface area (TPSA) is 772 Å². The fourth-order valence-electron chi connectivity index (χ4n) is 13.2. The molecule has 2 amide bonds. The molecule has 30 N–H and O–H groups in total. The first-order valence-corrected chi connectivity index (χ1v) is 33.6. The van der Waals surface area contributed by atoms with Crippen LogP contribution in [0.2, 0.25) is 0 Å². The van der Waals surface area contributed by atoms with Crippen molar-refractivity contribution in [3.63, 3.8) is 0 Å². The second-order valence-corrected chi connectivity index (χ2v) is 26.5. The number of hydrogen-bond acceptors (Lipinski definition) is 46. The average molecular weight is 1560 g/mol. The summed E-state index contributed by atoms with van der Waals surface area (Å²) in [5, 5.41) is 312. The molecule has 44 atom stereocenters. The lowest BCUT2D eigenvalue weighted by molar-refractivity contribution is -0.415. The first-order chi connectivity index (χ1) is 50.2. The zero-order valence-electron chi connectivity index (χ0n) is 56.3. The number of carbonyl (C=O) groups is 2. The predicted octanol–water partition coefficient (Wildman–Crippen LogP) is -20.7. The highest BCUT2D eigenvalue weighted by molar-refractivity contribution is 5.73. The van der Waals surface area contributed by atoms with Gasteiger partial charge < -0.3 is 229 Å². The van der Waals surface area contributed by atoms with E-state index in [1.165, 1.54) is 0 Å². The summed E-state index contributed by atoms with van der Waals surface area (Å²) in [5.41, 5.74) is 0. The van der Waals surface area contributed by atoms with Gasteiger partial charge in [0.1, 0.15) is 214 Å². The first-order valence-electron chi connectivity index (χ1n) is 33.6. The summed E-state index contributed by atoms with van der Waals surface area (Å²) in [6.45, 7) is -9.17.